The van der Waals surface area contributed by atoms with Gasteiger partial charge in [0.05, 0.1) is 0 Å². The minimum Gasteiger partial charge on any atom is -0.462 e. The summed E-state index contributed by atoms with van der Waals surface area (Å²) in [5.74, 6) is -0.509. The molecule has 0 N–H and O–H groups in total. The lowest BCUT2D eigenvalue weighted by Crippen LogP contribution is -2.46. The van der Waals surface area contributed by atoms with Crippen LogP contribution in [0, 0.1) is 0 Å². The molecule has 1 rings (SSSR count). The van der Waals surface area contributed by atoms with Gasteiger partial charge in [-0.3, -0.25) is 9.59 Å². The van der Waals surface area contributed by atoms with Gasteiger partial charge in [-0.2, -0.15) is 0 Å². The summed E-state index contributed by atoms with van der Waals surface area (Å²) in [5, 5.41) is 0. The zero-order chi connectivity index (χ0) is 13.5. The van der Waals surface area contributed by atoms with E-state index in [-0.39, 0.29) is 25.4 Å². The van der Waals surface area contributed by atoms with Gasteiger partial charge in [-0.1, -0.05) is 13.8 Å². The van der Waals surface area contributed by atoms with Crippen molar-refractivity contribution in [2.24, 2.45) is 0 Å². The molecule has 1 saturated heterocycles. The summed E-state index contributed by atoms with van der Waals surface area (Å²) in [6.07, 6.45) is 0.472. The quantitative estimate of drug-likeness (QED) is 0.700. The monoisotopic (exact) mass is 247 g/mol. The SMILES string of the molecule is CC.CC(=O)OCC1(F)CCN(C(C)=O)CC1. The van der Waals surface area contributed by atoms with Crippen molar-refractivity contribution in [3.8, 4) is 0 Å². The standard InChI is InChI=1S/C10H16FNO3.C2H6/c1-8(13)12-5-3-10(11,4-6-12)7-15-9(2)14;1-2/h3-7H2,1-2H3;1-2H3. The first-order valence-corrected chi connectivity index (χ1v) is 6.01. The number of ether oxygens (including phenoxy) is 1. The maximum absolute atomic E-state index is 14.0. The fourth-order valence-electron chi connectivity index (χ4n) is 1.60. The van der Waals surface area contributed by atoms with Crippen LogP contribution >= 0.6 is 0 Å². The van der Waals surface area contributed by atoms with E-state index in [0.717, 1.165) is 0 Å². The number of carbonyl (C=O) groups excluding carboxylic acids is 2. The Bertz CT molecular complexity index is 260. The summed E-state index contributed by atoms with van der Waals surface area (Å²) < 4.78 is 18.6. The molecule has 1 fully saturated rings. The second kappa shape index (κ2) is 7.25. The number of carbonyl (C=O) groups is 2. The maximum Gasteiger partial charge on any atom is 0.302 e. The van der Waals surface area contributed by atoms with Crippen LogP contribution in [-0.4, -0.2) is 42.1 Å². The van der Waals surface area contributed by atoms with Crippen LogP contribution < -0.4 is 0 Å². The van der Waals surface area contributed by atoms with Gasteiger partial charge in [0.15, 0.2) is 0 Å². The van der Waals surface area contributed by atoms with E-state index in [1.807, 2.05) is 13.8 Å². The molecule has 0 aliphatic carbocycles. The van der Waals surface area contributed by atoms with E-state index in [2.05, 4.69) is 4.74 Å². The first kappa shape index (κ1) is 15.9. The molecular formula is C12H22FNO3. The van der Waals surface area contributed by atoms with Gasteiger partial charge in [0.2, 0.25) is 5.91 Å². The van der Waals surface area contributed by atoms with Crippen LogP contribution in [-0.2, 0) is 14.3 Å². The van der Waals surface area contributed by atoms with E-state index in [1.54, 1.807) is 4.90 Å². The van der Waals surface area contributed by atoms with Crippen molar-refractivity contribution < 1.29 is 18.7 Å². The Morgan fingerprint density at radius 2 is 1.71 bits per heavy atom. The van der Waals surface area contributed by atoms with Gasteiger partial charge in [-0.15, -0.1) is 0 Å². The molecule has 0 atom stereocenters. The molecule has 1 amide bonds. The fraction of sp³-hybridized carbons (Fsp3) is 0.833. The minimum absolute atomic E-state index is 0.0375. The molecule has 1 aliphatic heterocycles. The summed E-state index contributed by atoms with van der Waals surface area (Å²) in [6.45, 7) is 7.32. The van der Waals surface area contributed by atoms with Crippen LogP contribution in [0.4, 0.5) is 4.39 Å². The van der Waals surface area contributed by atoms with E-state index in [4.69, 9.17) is 0 Å². The Kier molecular flexibility index (Phi) is 6.76. The molecule has 1 heterocycles. The summed E-state index contributed by atoms with van der Waals surface area (Å²) >= 11 is 0. The van der Waals surface area contributed by atoms with Gasteiger partial charge >= 0.3 is 5.97 Å². The van der Waals surface area contributed by atoms with Gasteiger partial charge in [-0.05, 0) is 0 Å². The average Bonchev–Trinajstić information content (AvgIpc) is 2.30. The van der Waals surface area contributed by atoms with Crippen molar-refractivity contribution in [3.63, 3.8) is 0 Å². The maximum atomic E-state index is 14.0. The molecule has 0 aromatic heterocycles. The van der Waals surface area contributed by atoms with E-state index >= 15 is 0 Å². The van der Waals surface area contributed by atoms with Crippen molar-refractivity contribution >= 4 is 11.9 Å². The Morgan fingerprint density at radius 1 is 1.24 bits per heavy atom. The van der Waals surface area contributed by atoms with E-state index in [9.17, 15) is 14.0 Å². The largest absolute Gasteiger partial charge is 0.462 e. The van der Waals surface area contributed by atoms with E-state index < -0.39 is 11.6 Å². The Morgan fingerprint density at radius 3 is 2.06 bits per heavy atom. The number of hydrogen-bond donors (Lipinski definition) is 0. The van der Waals surface area contributed by atoms with Crippen molar-refractivity contribution in [1.29, 1.82) is 0 Å². The Hall–Kier alpha value is -1.13. The molecule has 0 radical (unpaired) electrons. The van der Waals surface area contributed by atoms with Crippen molar-refractivity contribution in [2.45, 2.75) is 46.2 Å². The number of esters is 1. The topological polar surface area (TPSA) is 46.6 Å². The molecule has 0 bridgehead atoms. The summed E-state index contributed by atoms with van der Waals surface area (Å²) in [7, 11) is 0. The van der Waals surface area contributed by atoms with Gasteiger partial charge in [0.25, 0.3) is 0 Å². The molecule has 100 valence electrons. The highest BCUT2D eigenvalue weighted by atomic mass is 19.1. The van der Waals surface area contributed by atoms with Crippen LogP contribution in [0.5, 0.6) is 0 Å². The van der Waals surface area contributed by atoms with Crippen LogP contribution in [0.2, 0.25) is 0 Å². The van der Waals surface area contributed by atoms with Crippen molar-refractivity contribution in [2.75, 3.05) is 19.7 Å². The van der Waals surface area contributed by atoms with Crippen molar-refractivity contribution in [1.82, 2.24) is 4.90 Å². The lowest BCUT2D eigenvalue weighted by atomic mass is 9.94. The third-order valence-corrected chi connectivity index (χ3v) is 2.64. The van der Waals surface area contributed by atoms with Crippen LogP contribution in [0.1, 0.15) is 40.5 Å². The lowest BCUT2D eigenvalue weighted by molar-refractivity contribution is -0.148. The molecular weight excluding hydrogens is 225 g/mol. The third kappa shape index (κ3) is 5.65. The van der Waals surface area contributed by atoms with Crippen LogP contribution in [0.25, 0.3) is 0 Å². The molecule has 0 saturated carbocycles. The predicted molar refractivity (Wildman–Crippen MR) is 63.3 cm³/mol. The van der Waals surface area contributed by atoms with Gasteiger partial charge in [-0.25, -0.2) is 4.39 Å². The summed E-state index contributed by atoms with van der Waals surface area (Å²) in [6, 6.07) is 0. The summed E-state index contributed by atoms with van der Waals surface area (Å²) in [5.41, 5.74) is -1.46. The van der Waals surface area contributed by atoms with Crippen LogP contribution in [0.15, 0.2) is 0 Å². The average molecular weight is 247 g/mol. The number of hydrogen-bond acceptors (Lipinski definition) is 3. The predicted octanol–water partition coefficient (Wildman–Crippen LogP) is 1.93. The van der Waals surface area contributed by atoms with E-state index in [1.165, 1.54) is 13.8 Å². The highest BCUT2D eigenvalue weighted by molar-refractivity contribution is 5.73. The van der Waals surface area contributed by atoms with Gasteiger partial charge in [0.1, 0.15) is 12.3 Å². The number of rotatable bonds is 2. The highest BCUT2D eigenvalue weighted by Crippen LogP contribution is 2.26. The number of likely N-dealkylation sites (tertiary alicyclic amines) is 1. The molecule has 5 heteroatoms. The Balaban J connectivity index is 0.00000121. The number of halogens is 1. The first-order chi connectivity index (χ1) is 7.93. The molecule has 0 aromatic rings. The first-order valence-electron chi connectivity index (χ1n) is 6.01. The fourth-order valence-corrected chi connectivity index (χ4v) is 1.60. The molecule has 4 nitrogen and oxygen atoms in total. The van der Waals surface area contributed by atoms with Crippen molar-refractivity contribution in [3.05, 3.63) is 0 Å². The molecule has 0 unspecified atom stereocenters. The second-order valence-corrected chi connectivity index (χ2v) is 3.94. The van der Waals surface area contributed by atoms with Crippen LogP contribution in [0.3, 0.4) is 0 Å². The minimum atomic E-state index is -1.46. The Labute approximate surface area is 102 Å². The molecule has 0 spiro atoms. The molecule has 0 aromatic carbocycles. The number of amides is 1. The van der Waals surface area contributed by atoms with E-state index in [0.29, 0.717) is 13.1 Å². The molecule has 1 aliphatic rings. The summed E-state index contributed by atoms with van der Waals surface area (Å²) in [4.78, 5) is 23.1. The number of nitrogens with zero attached hydrogens (tertiary/aromatic N) is 1. The molecule has 17 heavy (non-hydrogen) atoms. The lowest BCUT2D eigenvalue weighted by Gasteiger charge is -2.35. The second-order valence-electron chi connectivity index (χ2n) is 3.94. The number of alkyl halides is 1. The highest BCUT2D eigenvalue weighted by Gasteiger charge is 2.36. The normalized spacial score (nSPS) is 17.8. The zero-order valence-corrected chi connectivity index (χ0v) is 11.1. The number of piperidine rings is 1. The third-order valence-electron chi connectivity index (χ3n) is 2.64. The smallest absolute Gasteiger partial charge is 0.302 e. The van der Waals surface area contributed by atoms with Gasteiger partial charge in [0, 0.05) is 39.8 Å². The van der Waals surface area contributed by atoms with Gasteiger partial charge < -0.3 is 9.64 Å². The zero-order valence-electron chi connectivity index (χ0n) is 11.1.